The highest BCUT2D eigenvalue weighted by molar-refractivity contribution is 8.00. The zero-order chi connectivity index (χ0) is 22.4. The molecule has 0 heterocycles. The minimum absolute atomic E-state index is 0.0646. The van der Waals surface area contributed by atoms with Crippen LogP contribution < -0.4 is 5.32 Å². The molecular weight excluding hydrogens is 410 g/mol. The van der Waals surface area contributed by atoms with E-state index in [2.05, 4.69) is 17.4 Å². The second-order valence-corrected chi connectivity index (χ2v) is 10.1. The number of hydrogen-bond acceptors (Lipinski definition) is 4. The van der Waals surface area contributed by atoms with Crippen LogP contribution >= 0.6 is 11.8 Å². The van der Waals surface area contributed by atoms with Crippen molar-refractivity contribution in [2.45, 2.75) is 68.2 Å². The lowest BCUT2D eigenvalue weighted by Gasteiger charge is -2.19. The fourth-order valence-corrected chi connectivity index (χ4v) is 4.46. The number of carboxylic acid groups (broad SMARTS) is 1. The molecule has 4 rings (SSSR count). The van der Waals surface area contributed by atoms with E-state index in [1.807, 2.05) is 37.7 Å². The summed E-state index contributed by atoms with van der Waals surface area (Å²) in [7, 11) is 0. The summed E-state index contributed by atoms with van der Waals surface area (Å²) in [5.41, 5.74) is 2.02. The van der Waals surface area contributed by atoms with Crippen LogP contribution in [0.1, 0.15) is 67.4 Å². The zero-order valence-electron chi connectivity index (χ0n) is 18.1. The van der Waals surface area contributed by atoms with E-state index in [1.165, 1.54) is 17.7 Å². The van der Waals surface area contributed by atoms with Gasteiger partial charge < -0.3 is 15.5 Å². The maximum atomic E-state index is 11.9. The van der Waals surface area contributed by atoms with Gasteiger partial charge in [-0.2, -0.15) is 0 Å². The Morgan fingerprint density at radius 1 is 1.13 bits per heavy atom. The molecule has 1 amide bonds. The van der Waals surface area contributed by atoms with Gasteiger partial charge in [-0.25, -0.2) is 4.79 Å². The number of hydrogen-bond donors (Lipinski definition) is 3. The first-order chi connectivity index (χ1) is 14.8. The van der Waals surface area contributed by atoms with Gasteiger partial charge in [0.2, 0.25) is 5.91 Å². The zero-order valence-corrected chi connectivity index (χ0v) is 19.0. The summed E-state index contributed by atoms with van der Waals surface area (Å²) >= 11 is 1.93. The van der Waals surface area contributed by atoms with Crippen LogP contribution in [0.5, 0.6) is 0 Å². The van der Waals surface area contributed by atoms with Crippen molar-refractivity contribution in [1.82, 2.24) is 5.32 Å². The second kappa shape index (κ2) is 10.3. The smallest absolute Gasteiger partial charge is 0.335 e. The fourth-order valence-electron chi connectivity index (χ4n) is 3.33. The Kier molecular flexibility index (Phi) is 7.79. The van der Waals surface area contributed by atoms with Crippen molar-refractivity contribution in [3.63, 3.8) is 0 Å². The fraction of sp³-hybridized carbons (Fsp3) is 0.440. The monoisotopic (exact) mass is 441 g/mol. The van der Waals surface area contributed by atoms with E-state index in [1.54, 1.807) is 24.3 Å². The molecule has 0 aliphatic heterocycles. The van der Waals surface area contributed by atoms with Crippen molar-refractivity contribution >= 4 is 23.6 Å². The van der Waals surface area contributed by atoms with Crippen molar-refractivity contribution in [2.75, 3.05) is 0 Å². The summed E-state index contributed by atoms with van der Waals surface area (Å²) in [4.78, 5) is 24.0. The summed E-state index contributed by atoms with van der Waals surface area (Å²) < 4.78 is 0. The highest BCUT2D eigenvalue weighted by Gasteiger charge is 2.45. The average Bonchev–Trinajstić information content (AvgIpc) is 3.66. The molecule has 0 unspecified atom stereocenters. The molecule has 2 aromatic rings. The van der Waals surface area contributed by atoms with Crippen LogP contribution in [0.25, 0.3) is 0 Å². The molecule has 0 bridgehead atoms. The Morgan fingerprint density at radius 2 is 1.81 bits per heavy atom. The summed E-state index contributed by atoms with van der Waals surface area (Å²) in [5.74, 6) is -0.528. The van der Waals surface area contributed by atoms with Crippen molar-refractivity contribution in [1.29, 1.82) is 0 Å². The van der Waals surface area contributed by atoms with E-state index < -0.39 is 5.97 Å². The van der Waals surface area contributed by atoms with Gasteiger partial charge in [0.15, 0.2) is 0 Å². The molecule has 166 valence electrons. The molecule has 0 saturated heterocycles. The molecule has 31 heavy (non-hydrogen) atoms. The number of amides is 1. The Morgan fingerprint density at radius 3 is 2.32 bits per heavy atom. The van der Waals surface area contributed by atoms with Gasteiger partial charge in [-0.05, 0) is 67.0 Å². The van der Waals surface area contributed by atoms with E-state index in [9.17, 15) is 9.59 Å². The van der Waals surface area contributed by atoms with Crippen LogP contribution in [0.4, 0.5) is 0 Å². The molecule has 2 aromatic carbocycles. The van der Waals surface area contributed by atoms with Crippen molar-refractivity contribution < 1.29 is 19.8 Å². The Hall–Kier alpha value is -2.31. The number of thioether (sulfide) groups is 1. The predicted molar refractivity (Wildman–Crippen MR) is 123 cm³/mol. The van der Waals surface area contributed by atoms with Crippen LogP contribution in [-0.2, 0) is 16.9 Å². The molecule has 2 aliphatic rings. The SMILES string of the molecule is CC(C)CC(=O)NC1(c2ccc(C(=O)O)cc2)CC1.OCc1cccc(SC2CC2)c1. The summed E-state index contributed by atoms with van der Waals surface area (Å²) in [6.07, 6.45) is 5.07. The van der Waals surface area contributed by atoms with Crippen LogP contribution in [0.2, 0.25) is 0 Å². The van der Waals surface area contributed by atoms with Crippen molar-refractivity contribution in [3.05, 3.63) is 65.2 Å². The molecule has 5 nitrogen and oxygen atoms in total. The van der Waals surface area contributed by atoms with Crippen molar-refractivity contribution in [3.8, 4) is 0 Å². The molecule has 2 aliphatic carbocycles. The van der Waals surface area contributed by atoms with E-state index in [4.69, 9.17) is 10.2 Å². The first-order valence-electron chi connectivity index (χ1n) is 10.8. The molecule has 0 radical (unpaired) electrons. The van der Waals surface area contributed by atoms with Gasteiger partial charge in [-0.1, -0.05) is 38.1 Å². The van der Waals surface area contributed by atoms with Gasteiger partial charge in [-0.3, -0.25) is 4.79 Å². The first-order valence-corrected chi connectivity index (χ1v) is 11.7. The third-order valence-corrected chi connectivity index (χ3v) is 6.65. The Balaban J connectivity index is 0.000000194. The largest absolute Gasteiger partial charge is 0.478 e. The predicted octanol–water partition coefficient (Wildman–Crippen LogP) is 4.97. The number of benzene rings is 2. The minimum Gasteiger partial charge on any atom is -0.478 e. The normalized spacial score (nSPS) is 16.3. The number of aliphatic hydroxyl groups is 1. The third kappa shape index (κ3) is 7.11. The number of carboxylic acids is 1. The number of rotatable bonds is 8. The molecule has 2 saturated carbocycles. The summed E-state index contributed by atoms with van der Waals surface area (Å²) in [6, 6.07) is 14.9. The Bertz CT molecular complexity index is 902. The minimum atomic E-state index is -0.930. The molecular formula is C25H31NO4S. The van der Waals surface area contributed by atoms with Gasteiger partial charge in [-0.15, -0.1) is 11.8 Å². The molecule has 0 atom stereocenters. The third-order valence-electron chi connectivity index (χ3n) is 5.31. The average molecular weight is 442 g/mol. The van der Waals surface area contributed by atoms with E-state index in [0.717, 1.165) is 29.2 Å². The van der Waals surface area contributed by atoms with Gasteiger partial charge in [0.05, 0.1) is 17.7 Å². The van der Waals surface area contributed by atoms with Crippen LogP contribution in [0.15, 0.2) is 53.4 Å². The molecule has 3 N–H and O–H groups in total. The maximum Gasteiger partial charge on any atom is 0.335 e. The van der Waals surface area contributed by atoms with Gasteiger partial charge >= 0.3 is 5.97 Å². The van der Waals surface area contributed by atoms with Gasteiger partial charge in [0.25, 0.3) is 0 Å². The topological polar surface area (TPSA) is 86.6 Å². The lowest BCUT2D eigenvalue weighted by molar-refractivity contribution is -0.122. The maximum absolute atomic E-state index is 11.9. The van der Waals surface area contributed by atoms with E-state index >= 15 is 0 Å². The number of carbonyl (C=O) groups is 2. The highest BCUT2D eigenvalue weighted by Crippen LogP contribution is 2.45. The number of carbonyl (C=O) groups excluding carboxylic acids is 1. The van der Waals surface area contributed by atoms with Crippen LogP contribution in [0, 0.1) is 5.92 Å². The Labute approximate surface area is 188 Å². The molecule has 0 spiro atoms. The summed E-state index contributed by atoms with van der Waals surface area (Å²) in [6.45, 7) is 4.18. The second-order valence-electron chi connectivity index (χ2n) is 8.73. The number of aliphatic hydroxyl groups excluding tert-OH is 1. The quantitative estimate of drug-likeness (QED) is 0.538. The number of aromatic carboxylic acids is 1. The van der Waals surface area contributed by atoms with E-state index in [-0.39, 0.29) is 23.6 Å². The number of nitrogens with one attached hydrogen (secondary N) is 1. The lowest BCUT2D eigenvalue weighted by Crippen LogP contribution is -2.35. The van der Waals surface area contributed by atoms with Crippen LogP contribution in [-0.4, -0.2) is 27.3 Å². The molecule has 2 fully saturated rings. The summed E-state index contributed by atoms with van der Waals surface area (Å²) in [5, 5.41) is 21.7. The first kappa shape index (κ1) is 23.4. The standard InChI is InChI=1S/C15H19NO3.C10H12OS/c1-10(2)9-13(17)16-15(7-8-15)12-5-3-11(4-6-12)14(18)19;11-7-8-2-1-3-10(6-8)12-9-4-5-9/h3-6,10H,7-9H2,1-2H3,(H,16,17)(H,18,19);1-3,6,9,11H,4-5,7H2. The molecule has 6 heteroatoms. The van der Waals surface area contributed by atoms with E-state index in [0.29, 0.717) is 12.3 Å². The van der Waals surface area contributed by atoms with Crippen LogP contribution in [0.3, 0.4) is 0 Å². The highest BCUT2D eigenvalue weighted by atomic mass is 32.2. The van der Waals surface area contributed by atoms with Crippen molar-refractivity contribution in [2.24, 2.45) is 5.92 Å². The van der Waals surface area contributed by atoms with Gasteiger partial charge in [0, 0.05) is 16.6 Å². The van der Waals surface area contributed by atoms with Gasteiger partial charge in [0.1, 0.15) is 0 Å². The molecule has 0 aromatic heterocycles. The lowest BCUT2D eigenvalue weighted by atomic mass is 10.0.